The molecular weight excluding hydrogens is 528 g/mol. The Morgan fingerprint density at radius 2 is 1.82 bits per heavy atom. The molecule has 0 bridgehead atoms. The molecule has 4 aromatic rings. The SMILES string of the molecule is CCCCCCC(CC)c1nc(C)c2c(=O)[nH]c(-c3cc(S(=O)(=O)Nc4ccncc4)ccc3OCCC)nn12. The van der Waals surface area contributed by atoms with Gasteiger partial charge in [0.25, 0.3) is 15.6 Å². The molecule has 0 amide bonds. The van der Waals surface area contributed by atoms with Crippen LogP contribution in [0.25, 0.3) is 16.9 Å². The number of rotatable bonds is 14. The van der Waals surface area contributed by atoms with Crippen molar-refractivity contribution in [2.24, 2.45) is 0 Å². The van der Waals surface area contributed by atoms with E-state index >= 15 is 0 Å². The molecule has 0 spiro atoms. The second-order valence-corrected chi connectivity index (χ2v) is 11.6. The molecule has 0 fully saturated rings. The van der Waals surface area contributed by atoms with Crippen molar-refractivity contribution < 1.29 is 13.2 Å². The van der Waals surface area contributed by atoms with Crippen LogP contribution in [-0.4, -0.2) is 39.6 Å². The van der Waals surface area contributed by atoms with Gasteiger partial charge in [0.15, 0.2) is 11.3 Å². The van der Waals surface area contributed by atoms with E-state index in [1.807, 2.05) is 13.8 Å². The number of aryl methyl sites for hydroxylation is 1. The molecule has 2 N–H and O–H groups in total. The number of pyridine rings is 1. The number of imidazole rings is 1. The first-order chi connectivity index (χ1) is 19.3. The molecule has 11 heteroatoms. The van der Waals surface area contributed by atoms with Crippen LogP contribution in [0.1, 0.15) is 83.2 Å². The Morgan fingerprint density at radius 1 is 1.05 bits per heavy atom. The molecule has 1 unspecified atom stereocenters. The van der Waals surface area contributed by atoms with Gasteiger partial charge in [-0.2, -0.15) is 0 Å². The number of anilines is 1. The molecule has 1 aromatic carbocycles. The van der Waals surface area contributed by atoms with Crippen LogP contribution in [0.5, 0.6) is 5.75 Å². The van der Waals surface area contributed by atoms with Crippen molar-refractivity contribution in [2.75, 3.05) is 11.3 Å². The van der Waals surface area contributed by atoms with E-state index in [2.05, 4.69) is 28.5 Å². The van der Waals surface area contributed by atoms with Gasteiger partial charge in [0, 0.05) is 18.3 Å². The van der Waals surface area contributed by atoms with Crippen LogP contribution in [-0.2, 0) is 10.0 Å². The van der Waals surface area contributed by atoms with Crippen molar-refractivity contribution in [3.63, 3.8) is 0 Å². The van der Waals surface area contributed by atoms with Crippen LogP contribution in [0.4, 0.5) is 5.69 Å². The number of nitrogens with zero attached hydrogens (tertiary/aromatic N) is 4. The molecule has 10 nitrogen and oxygen atoms in total. The van der Waals surface area contributed by atoms with Gasteiger partial charge >= 0.3 is 0 Å². The molecule has 3 heterocycles. The second kappa shape index (κ2) is 13.1. The first-order valence-electron chi connectivity index (χ1n) is 14.0. The molecule has 0 aliphatic heterocycles. The molecule has 0 radical (unpaired) electrons. The van der Waals surface area contributed by atoms with Gasteiger partial charge < -0.3 is 9.72 Å². The number of ether oxygens (including phenoxy) is 1. The summed E-state index contributed by atoms with van der Waals surface area (Å²) in [5, 5.41) is 4.81. The van der Waals surface area contributed by atoms with E-state index in [1.54, 1.807) is 22.7 Å². The Kier molecular flexibility index (Phi) is 9.57. The smallest absolute Gasteiger partial charge is 0.277 e. The van der Waals surface area contributed by atoms with Crippen molar-refractivity contribution in [1.82, 2.24) is 24.6 Å². The number of fused-ring (bicyclic) bond motifs is 1. The lowest BCUT2D eigenvalue weighted by molar-refractivity contribution is 0.318. The van der Waals surface area contributed by atoms with Gasteiger partial charge in [-0.25, -0.2) is 17.9 Å². The van der Waals surface area contributed by atoms with Gasteiger partial charge in [0.1, 0.15) is 11.6 Å². The Bertz CT molecular complexity index is 1600. The van der Waals surface area contributed by atoms with Gasteiger partial charge in [-0.3, -0.25) is 14.5 Å². The Labute approximate surface area is 235 Å². The summed E-state index contributed by atoms with van der Waals surface area (Å²) in [6.07, 6.45) is 10.2. The molecule has 0 aliphatic rings. The Balaban J connectivity index is 1.81. The fourth-order valence-corrected chi connectivity index (χ4v) is 5.83. The largest absolute Gasteiger partial charge is 0.493 e. The molecule has 1 atom stereocenters. The molecule has 214 valence electrons. The maximum absolute atomic E-state index is 13.3. The van der Waals surface area contributed by atoms with Gasteiger partial charge in [-0.15, -0.1) is 5.10 Å². The van der Waals surface area contributed by atoms with E-state index in [9.17, 15) is 13.2 Å². The lowest BCUT2D eigenvalue weighted by Crippen LogP contribution is -2.17. The molecule has 40 heavy (non-hydrogen) atoms. The number of sulfonamides is 1. The average molecular weight is 567 g/mol. The van der Waals surface area contributed by atoms with Crippen LogP contribution in [0.15, 0.2) is 52.4 Å². The van der Waals surface area contributed by atoms with Crippen LogP contribution in [0.2, 0.25) is 0 Å². The third-order valence-electron chi connectivity index (χ3n) is 6.88. The van der Waals surface area contributed by atoms with E-state index in [0.29, 0.717) is 34.8 Å². The van der Waals surface area contributed by atoms with Gasteiger partial charge in [-0.1, -0.05) is 46.5 Å². The van der Waals surface area contributed by atoms with E-state index in [-0.39, 0.29) is 22.2 Å². The lowest BCUT2D eigenvalue weighted by atomic mass is 9.97. The van der Waals surface area contributed by atoms with Crippen molar-refractivity contribution in [3.8, 4) is 17.1 Å². The highest BCUT2D eigenvalue weighted by atomic mass is 32.2. The summed E-state index contributed by atoms with van der Waals surface area (Å²) in [5.74, 6) is 1.53. The highest BCUT2D eigenvalue weighted by Crippen LogP contribution is 2.32. The maximum Gasteiger partial charge on any atom is 0.277 e. The fourth-order valence-electron chi connectivity index (χ4n) is 4.75. The van der Waals surface area contributed by atoms with Gasteiger partial charge in [0.05, 0.1) is 28.4 Å². The molecule has 0 saturated heterocycles. The van der Waals surface area contributed by atoms with Crippen LogP contribution >= 0.6 is 0 Å². The van der Waals surface area contributed by atoms with Gasteiger partial charge in [-0.05, 0) is 56.5 Å². The number of aromatic nitrogens is 5. The average Bonchev–Trinajstić information content (AvgIpc) is 3.28. The van der Waals surface area contributed by atoms with E-state index in [1.165, 1.54) is 30.9 Å². The number of hydrogen-bond acceptors (Lipinski definition) is 7. The molecule has 4 rings (SSSR count). The number of benzene rings is 1. The van der Waals surface area contributed by atoms with Crippen LogP contribution in [0, 0.1) is 6.92 Å². The molecule has 0 aliphatic carbocycles. The van der Waals surface area contributed by atoms with Crippen LogP contribution in [0.3, 0.4) is 0 Å². The summed E-state index contributed by atoms with van der Waals surface area (Å²) in [6, 6.07) is 7.69. The minimum absolute atomic E-state index is 0.00954. The summed E-state index contributed by atoms with van der Waals surface area (Å²) < 4.78 is 36.6. The predicted molar refractivity (Wildman–Crippen MR) is 156 cm³/mol. The quantitative estimate of drug-likeness (QED) is 0.183. The highest BCUT2D eigenvalue weighted by molar-refractivity contribution is 7.92. The van der Waals surface area contributed by atoms with Crippen molar-refractivity contribution in [3.05, 3.63) is 64.6 Å². The Morgan fingerprint density at radius 3 is 2.52 bits per heavy atom. The fraction of sp³-hybridized carbons (Fsp3) is 0.448. The van der Waals surface area contributed by atoms with Crippen molar-refractivity contribution >= 4 is 21.2 Å². The number of unbranched alkanes of at least 4 members (excludes halogenated alkanes) is 3. The normalized spacial score (nSPS) is 12.5. The number of nitrogens with one attached hydrogen (secondary N) is 2. The minimum Gasteiger partial charge on any atom is -0.493 e. The Hall–Kier alpha value is -3.73. The molecular formula is C29H38N6O4S. The number of H-pyrrole nitrogens is 1. The van der Waals surface area contributed by atoms with E-state index in [0.717, 1.165) is 44.3 Å². The monoisotopic (exact) mass is 566 g/mol. The summed E-state index contributed by atoms with van der Waals surface area (Å²) >= 11 is 0. The second-order valence-electron chi connectivity index (χ2n) is 9.92. The summed E-state index contributed by atoms with van der Waals surface area (Å²) in [4.78, 5) is 24.9. The summed E-state index contributed by atoms with van der Waals surface area (Å²) in [7, 11) is -3.94. The van der Waals surface area contributed by atoms with Crippen LogP contribution < -0.4 is 15.0 Å². The summed E-state index contributed by atoms with van der Waals surface area (Å²) in [5.41, 5.74) is 1.43. The van der Waals surface area contributed by atoms with Crippen molar-refractivity contribution in [2.45, 2.75) is 83.5 Å². The highest BCUT2D eigenvalue weighted by Gasteiger charge is 2.23. The third-order valence-corrected chi connectivity index (χ3v) is 8.25. The first kappa shape index (κ1) is 29.3. The molecule has 3 aromatic heterocycles. The minimum atomic E-state index is -3.94. The lowest BCUT2D eigenvalue weighted by Gasteiger charge is -2.15. The van der Waals surface area contributed by atoms with Crippen molar-refractivity contribution in [1.29, 1.82) is 0 Å². The zero-order chi connectivity index (χ0) is 28.7. The zero-order valence-corrected chi connectivity index (χ0v) is 24.4. The number of hydrogen-bond donors (Lipinski definition) is 2. The first-order valence-corrected chi connectivity index (χ1v) is 15.5. The third kappa shape index (κ3) is 6.52. The topological polar surface area (TPSA) is 131 Å². The standard InChI is InChI=1S/C29H38N6O4S/c1-5-8-9-10-11-21(7-3)28-31-20(4)26-29(36)32-27(33-35(26)28)24-19-23(12-13-25(24)39-18-6-2)40(37,38)34-22-14-16-30-17-15-22/h12-17,19,21H,5-11,18H2,1-4H3,(H,30,34)(H,32,33,36). The predicted octanol–water partition coefficient (Wildman–Crippen LogP) is 5.84. The maximum atomic E-state index is 13.3. The van der Waals surface area contributed by atoms with E-state index < -0.39 is 10.0 Å². The summed E-state index contributed by atoms with van der Waals surface area (Å²) in [6.45, 7) is 8.53. The van der Waals surface area contributed by atoms with Gasteiger partial charge in [0.2, 0.25) is 0 Å². The molecule has 0 saturated carbocycles. The van der Waals surface area contributed by atoms with E-state index in [4.69, 9.17) is 14.8 Å². The number of aromatic amines is 1. The zero-order valence-electron chi connectivity index (χ0n) is 23.6.